The highest BCUT2D eigenvalue weighted by Gasteiger charge is 2.23. The fourth-order valence-electron chi connectivity index (χ4n) is 1.99. The van der Waals surface area contributed by atoms with Crippen molar-refractivity contribution in [3.05, 3.63) is 23.8 Å². The number of esters is 1. The van der Waals surface area contributed by atoms with Gasteiger partial charge in [-0.2, -0.15) is 0 Å². The third-order valence-corrected chi connectivity index (χ3v) is 3.33. The van der Waals surface area contributed by atoms with Gasteiger partial charge in [0.15, 0.2) is 18.1 Å². The molecule has 0 unspecified atom stereocenters. The number of carbonyl (C=O) groups is 3. The second kappa shape index (κ2) is 6.55. The second-order valence-electron chi connectivity index (χ2n) is 5.25. The van der Waals surface area contributed by atoms with Crippen molar-refractivity contribution >= 4 is 17.8 Å². The van der Waals surface area contributed by atoms with E-state index in [1.165, 1.54) is 6.07 Å². The summed E-state index contributed by atoms with van der Waals surface area (Å²) in [4.78, 5) is 34.8. The molecule has 0 aromatic heterocycles. The quantitative estimate of drug-likeness (QED) is 0.713. The van der Waals surface area contributed by atoms with Crippen LogP contribution in [0.15, 0.2) is 18.2 Å². The highest BCUT2D eigenvalue weighted by atomic mass is 16.7. The van der Waals surface area contributed by atoms with Gasteiger partial charge in [0.1, 0.15) is 6.54 Å². The summed E-state index contributed by atoms with van der Waals surface area (Å²) >= 11 is 0. The van der Waals surface area contributed by atoms with Gasteiger partial charge in [-0.25, -0.2) is 0 Å². The zero-order chi connectivity index (χ0) is 16.2. The first kappa shape index (κ1) is 15.1. The summed E-state index contributed by atoms with van der Waals surface area (Å²) in [6, 6.07) is 4.94. The highest BCUT2D eigenvalue weighted by molar-refractivity contribution is 5.96. The molecule has 0 atom stereocenters. The number of hydrogen-bond acceptors (Lipinski definition) is 6. The molecule has 0 radical (unpaired) electrons. The Bertz CT molecular complexity index is 641. The predicted octanol–water partition coefficient (Wildman–Crippen LogP) is -0.0331. The number of hydrogen-bond donors (Lipinski definition) is 2. The first-order valence-corrected chi connectivity index (χ1v) is 7.24. The summed E-state index contributed by atoms with van der Waals surface area (Å²) in [6.07, 6.45) is 1.93. The van der Waals surface area contributed by atoms with Crippen molar-refractivity contribution in [1.29, 1.82) is 0 Å². The van der Waals surface area contributed by atoms with Gasteiger partial charge < -0.3 is 24.8 Å². The Balaban J connectivity index is 1.41. The lowest BCUT2D eigenvalue weighted by Gasteiger charge is -2.07. The maximum Gasteiger partial charge on any atom is 0.325 e. The monoisotopic (exact) mass is 320 g/mol. The van der Waals surface area contributed by atoms with Gasteiger partial charge >= 0.3 is 5.97 Å². The smallest absolute Gasteiger partial charge is 0.325 e. The molecule has 3 rings (SSSR count). The minimum atomic E-state index is -0.676. The maximum absolute atomic E-state index is 11.9. The van der Waals surface area contributed by atoms with Crippen molar-refractivity contribution in [2.75, 3.05) is 19.9 Å². The molecule has 1 aliphatic carbocycles. The summed E-state index contributed by atoms with van der Waals surface area (Å²) in [5, 5.41) is 5.12. The van der Waals surface area contributed by atoms with Gasteiger partial charge in [0.2, 0.25) is 6.79 Å². The summed E-state index contributed by atoms with van der Waals surface area (Å²) in [5.74, 6) is -0.393. The van der Waals surface area contributed by atoms with E-state index in [0.717, 1.165) is 12.8 Å². The zero-order valence-corrected chi connectivity index (χ0v) is 12.3. The number of carbonyl (C=O) groups excluding carboxylic acids is 3. The van der Waals surface area contributed by atoms with Crippen LogP contribution in [0.1, 0.15) is 23.2 Å². The van der Waals surface area contributed by atoms with Crippen molar-refractivity contribution in [2.45, 2.75) is 18.9 Å². The SMILES string of the molecule is O=C(COC(=O)CNC(=O)c1ccc2c(c1)OCO2)NC1CC1. The minimum absolute atomic E-state index is 0.121. The molecule has 2 amide bonds. The molecule has 1 heterocycles. The molecule has 1 fully saturated rings. The molecule has 1 aromatic rings. The van der Waals surface area contributed by atoms with E-state index >= 15 is 0 Å². The van der Waals surface area contributed by atoms with Gasteiger partial charge in [0, 0.05) is 11.6 Å². The Kier molecular flexibility index (Phi) is 4.31. The van der Waals surface area contributed by atoms with Crippen LogP contribution in [0.25, 0.3) is 0 Å². The first-order chi connectivity index (χ1) is 11.1. The van der Waals surface area contributed by atoms with Crippen LogP contribution in [-0.4, -0.2) is 43.8 Å². The molecule has 8 nitrogen and oxygen atoms in total. The highest BCUT2D eigenvalue weighted by Crippen LogP contribution is 2.32. The van der Waals surface area contributed by atoms with E-state index in [-0.39, 0.29) is 31.9 Å². The Labute approximate surface area is 132 Å². The summed E-state index contributed by atoms with van der Waals surface area (Å²) in [5.41, 5.74) is 0.341. The van der Waals surface area contributed by atoms with Crippen molar-refractivity contribution in [3.63, 3.8) is 0 Å². The zero-order valence-electron chi connectivity index (χ0n) is 12.3. The van der Waals surface area contributed by atoms with Crippen molar-refractivity contribution in [2.24, 2.45) is 0 Å². The Morgan fingerprint density at radius 1 is 1.17 bits per heavy atom. The predicted molar refractivity (Wildman–Crippen MR) is 77.0 cm³/mol. The molecule has 1 saturated carbocycles. The molecule has 1 aliphatic heterocycles. The molecule has 122 valence electrons. The average molecular weight is 320 g/mol. The average Bonchev–Trinajstić information content (AvgIpc) is 3.23. The Morgan fingerprint density at radius 2 is 1.96 bits per heavy atom. The lowest BCUT2D eigenvalue weighted by atomic mass is 10.2. The van der Waals surface area contributed by atoms with E-state index in [4.69, 9.17) is 14.2 Å². The van der Waals surface area contributed by atoms with E-state index in [1.807, 2.05) is 0 Å². The third kappa shape index (κ3) is 4.12. The van der Waals surface area contributed by atoms with Gasteiger partial charge in [-0.05, 0) is 31.0 Å². The van der Waals surface area contributed by atoms with Crippen LogP contribution in [0.4, 0.5) is 0 Å². The van der Waals surface area contributed by atoms with Gasteiger partial charge in [-0.3, -0.25) is 14.4 Å². The summed E-state index contributed by atoms with van der Waals surface area (Å²) < 4.78 is 15.1. The molecular formula is C15H16N2O6. The molecule has 8 heteroatoms. The summed E-state index contributed by atoms with van der Waals surface area (Å²) in [7, 11) is 0. The van der Waals surface area contributed by atoms with Crippen LogP contribution in [0.5, 0.6) is 11.5 Å². The molecule has 0 spiro atoms. The van der Waals surface area contributed by atoms with Crippen LogP contribution in [0, 0.1) is 0 Å². The van der Waals surface area contributed by atoms with Crippen molar-refractivity contribution < 1.29 is 28.6 Å². The largest absolute Gasteiger partial charge is 0.454 e. The lowest BCUT2D eigenvalue weighted by molar-refractivity contribution is -0.147. The van der Waals surface area contributed by atoms with Gasteiger partial charge in [0.05, 0.1) is 0 Å². The van der Waals surface area contributed by atoms with Crippen molar-refractivity contribution in [1.82, 2.24) is 10.6 Å². The number of nitrogens with one attached hydrogen (secondary N) is 2. The van der Waals surface area contributed by atoms with Gasteiger partial charge in [-0.1, -0.05) is 0 Å². The van der Waals surface area contributed by atoms with E-state index in [9.17, 15) is 14.4 Å². The van der Waals surface area contributed by atoms with Crippen LogP contribution in [0.3, 0.4) is 0 Å². The molecule has 0 saturated heterocycles. The maximum atomic E-state index is 11.9. The molecular weight excluding hydrogens is 304 g/mol. The van der Waals surface area contributed by atoms with E-state index < -0.39 is 11.9 Å². The van der Waals surface area contributed by atoms with E-state index in [2.05, 4.69) is 10.6 Å². The van der Waals surface area contributed by atoms with E-state index in [0.29, 0.717) is 17.1 Å². The van der Waals surface area contributed by atoms with E-state index in [1.54, 1.807) is 12.1 Å². The molecule has 2 N–H and O–H groups in total. The van der Waals surface area contributed by atoms with Crippen LogP contribution in [-0.2, 0) is 14.3 Å². The second-order valence-corrected chi connectivity index (χ2v) is 5.25. The number of amides is 2. The lowest BCUT2D eigenvalue weighted by Crippen LogP contribution is -2.34. The number of benzene rings is 1. The Hall–Kier alpha value is -2.77. The third-order valence-electron chi connectivity index (χ3n) is 3.33. The van der Waals surface area contributed by atoms with Crippen LogP contribution >= 0.6 is 0 Å². The number of ether oxygens (including phenoxy) is 3. The molecule has 1 aromatic carbocycles. The topological polar surface area (TPSA) is 103 Å². The van der Waals surface area contributed by atoms with Crippen LogP contribution in [0.2, 0.25) is 0 Å². The van der Waals surface area contributed by atoms with Crippen molar-refractivity contribution in [3.8, 4) is 11.5 Å². The molecule has 23 heavy (non-hydrogen) atoms. The molecule has 2 aliphatic rings. The minimum Gasteiger partial charge on any atom is -0.454 e. The van der Waals surface area contributed by atoms with Crippen LogP contribution < -0.4 is 20.1 Å². The normalized spacial score (nSPS) is 15.0. The number of fused-ring (bicyclic) bond motifs is 1. The fraction of sp³-hybridized carbons (Fsp3) is 0.400. The standard InChI is InChI=1S/C15H16N2O6/c18-13(17-10-2-3-10)7-21-14(19)6-16-15(20)9-1-4-11-12(5-9)23-8-22-11/h1,4-5,10H,2-3,6-8H2,(H,16,20)(H,17,18). The fourth-order valence-corrected chi connectivity index (χ4v) is 1.99. The molecule has 0 bridgehead atoms. The first-order valence-electron chi connectivity index (χ1n) is 7.24. The number of rotatable bonds is 6. The summed E-state index contributed by atoms with van der Waals surface area (Å²) in [6.45, 7) is -0.533. The Morgan fingerprint density at radius 3 is 2.74 bits per heavy atom. The van der Waals surface area contributed by atoms with Gasteiger partial charge in [0.25, 0.3) is 11.8 Å². The van der Waals surface area contributed by atoms with Gasteiger partial charge in [-0.15, -0.1) is 0 Å².